The molecule has 2 aromatic rings. The Balaban J connectivity index is 2.36. The summed E-state index contributed by atoms with van der Waals surface area (Å²) in [5, 5.41) is 0. The van der Waals surface area contributed by atoms with Crippen molar-refractivity contribution in [1.29, 1.82) is 0 Å². The van der Waals surface area contributed by atoms with Gasteiger partial charge in [-0.2, -0.15) is 0 Å². The first-order valence-electron chi connectivity index (χ1n) is 11.2. The Morgan fingerprint density at radius 3 is 2.24 bits per heavy atom. The number of nitrogens with zero attached hydrogens (tertiary/aromatic N) is 1. The lowest BCUT2D eigenvalue weighted by Crippen LogP contribution is -2.20. The van der Waals surface area contributed by atoms with E-state index in [9.17, 15) is 0 Å². The molecule has 2 rings (SSSR count). The Hall–Kier alpha value is -2.09. The van der Waals surface area contributed by atoms with E-state index in [1.807, 2.05) is 6.21 Å². The Morgan fingerprint density at radius 1 is 0.931 bits per heavy atom. The van der Waals surface area contributed by atoms with E-state index in [1.54, 1.807) is 0 Å². The van der Waals surface area contributed by atoms with Crippen LogP contribution in [0.5, 0.6) is 5.75 Å². The van der Waals surface area contributed by atoms with E-state index in [-0.39, 0.29) is 6.10 Å². The maximum atomic E-state index is 6.50. The molecule has 0 N–H and O–H groups in total. The van der Waals surface area contributed by atoms with Crippen LogP contribution in [0.1, 0.15) is 71.9 Å². The van der Waals surface area contributed by atoms with Crippen molar-refractivity contribution in [3.8, 4) is 16.9 Å². The van der Waals surface area contributed by atoms with Gasteiger partial charge in [0.1, 0.15) is 5.75 Å². The molecule has 0 fully saturated rings. The van der Waals surface area contributed by atoms with Gasteiger partial charge in [0.05, 0.1) is 6.10 Å². The van der Waals surface area contributed by atoms with Crippen LogP contribution < -0.4 is 4.74 Å². The van der Waals surface area contributed by atoms with Crippen molar-refractivity contribution in [2.24, 2.45) is 16.8 Å². The molecule has 0 spiro atoms. The highest BCUT2D eigenvalue weighted by molar-refractivity contribution is 5.89. The summed E-state index contributed by atoms with van der Waals surface area (Å²) in [4.78, 5) is 4.87. The predicted molar refractivity (Wildman–Crippen MR) is 127 cm³/mol. The normalized spacial score (nSPS) is 14.0. The predicted octanol–water partition coefficient (Wildman–Crippen LogP) is 7.72. The Labute approximate surface area is 178 Å². The van der Waals surface area contributed by atoms with Gasteiger partial charge in [0.2, 0.25) is 0 Å². The standard InChI is InChI=1S/C27H39NO/c1-19(2)12-11-13-22(6)28-18-25-16-21(5)17-26(24-14-9-8-10-15-24)27(25)29-23(7)20(3)4/h8-10,14-20,22-23H,11-13H2,1-7H3/b28-18+/t22?,23-/m1/s1. The molecule has 0 radical (unpaired) electrons. The number of benzene rings is 2. The third kappa shape index (κ3) is 7.34. The first kappa shape index (κ1) is 23.2. The minimum Gasteiger partial charge on any atom is -0.489 e. The van der Waals surface area contributed by atoms with E-state index < -0.39 is 0 Å². The van der Waals surface area contributed by atoms with Gasteiger partial charge in [0.25, 0.3) is 0 Å². The van der Waals surface area contributed by atoms with Crippen molar-refractivity contribution in [3.63, 3.8) is 0 Å². The summed E-state index contributed by atoms with van der Waals surface area (Å²) >= 11 is 0. The molecule has 0 amide bonds. The fourth-order valence-corrected chi connectivity index (χ4v) is 3.29. The van der Waals surface area contributed by atoms with Crippen molar-refractivity contribution in [2.75, 3.05) is 0 Å². The highest BCUT2D eigenvalue weighted by atomic mass is 16.5. The summed E-state index contributed by atoms with van der Waals surface area (Å²) in [7, 11) is 0. The van der Waals surface area contributed by atoms with Gasteiger partial charge >= 0.3 is 0 Å². The van der Waals surface area contributed by atoms with Crippen LogP contribution >= 0.6 is 0 Å². The molecule has 0 saturated heterocycles. The molecule has 29 heavy (non-hydrogen) atoms. The highest BCUT2D eigenvalue weighted by Gasteiger charge is 2.17. The smallest absolute Gasteiger partial charge is 0.136 e. The van der Waals surface area contributed by atoms with Gasteiger partial charge < -0.3 is 4.74 Å². The van der Waals surface area contributed by atoms with Crippen LogP contribution in [0.25, 0.3) is 11.1 Å². The summed E-state index contributed by atoms with van der Waals surface area (Å²) in [5.41, 5.74) is 4.63. The van der Waals surface area contributed by atoms with Gasteiger partial charge in [-0.1, -0.05) is 70.9 Å². The number of rotatable bonds is 10. The third-order valence-electron chi connectivity index (χ3n) is 5.46. The van der Waals surface area contributed by atoms with Crippen LogP contribution in [0.4, 0.5) is 0 Å². The molecule has 2 atom stereocenters. The first-order chi connectivity index (χ1) is 13.8. The van der Waals surface area contributed by atoms with Crippen LogP contribution in [-0.2, 0) is 0 Å². The van der Waals surface area contributed by atoms with Crippen molar-refractivity contribution >= 4 is 6.21 Å². The third-order valence-corrected chi connectivity index (χ3v) is 5.46. The summed E-state index contributed by atoms with van der Waals surface area (Å²) < 4.78 is 6.50. The zero-order valence-corrected chi connectivity index (χ0v) is 19.4. The Morgan fingerprint density at radius 2 is 1.62 bits per heavy atom. The second kappa shape index (κ2) is 11.2. The average molecular weight is 394 g/mol. The topological polar surface area (TPSA) is 21.6 Å². The molecule has 0 aromatic heterocycles. The second-order valence-corrected chi connectivity index (χ2v) is 9.12. The van der Waals surface area contributed by atoms with Gasteiger partial charge in [-0.05, 0) is 62.3 Å². The van der Waals surface area contributed by atoms with E-state index in [1.165, 1.54) is 24.0 Å². The molecule has 0 aliphatic carbocycles. The lowest BCUT2D eigenvalue weighted by molar-refractivity contribution is 0.171. The quantitative estimate of drug-likeness (QED) is 0.379. The van der Waals surface area contributed by atoms with Crippen LogP contribution in [0.3, 0.4) is 0 Å². The molecule has 0 saturated carbocycles. The van der Waals surface area contributed by atoms with E-state index >= 15 is 0 Å². The van der Waals surface area contributed by atoms with Gasteiger partial charge in [-0.3, -0.25) is 4.99 Å². The van der Waals surface area contributed by atoms with E-state index in [2.05, 4.69) is 90.9 Å². The largest absolute Gasteiger partial charge is 0.489 e. The molecular weight excluding hydrogens is 354 g/mol. The van der Waals surface area contributed by atoms with Gasteiger partial charge in [-0.25, -0.2) is 0 Å². The fourth-order valence-electron chi connectivity index (χ4n) is 3.29. The van der Waals surface area contributed by atoms with Gasteiger partial charge in [0, 0.05) is 23.4 Å². The number of ether oxygens (including phenoxy) is 1. The van der Waals surface area contributed by atoms with Crippen LogP contribution in [0.2, 0.25) is 0 Å². The van der Waals surface area contributed by atoms with Crippen LogP contribution in [0, 0.1) is 18.8 Å². The molecular formula is C27H39NO. The average Bonchev–Trinajstić information content (AvgIpc) is 2.67. The number of aryl methyl sites for hydroxylation is 1. The Kier molecular flexibility index (Phi) is 8.95. The summed E-state index contributed by atoms with van der Waals surface area (Å²) in [6.07, 6.45) is 5.79. The van der Waals surface area contributed by atoms with E-state index in [0.717, 1.165) is 29.2 Å². The summed E-state index contributed by atoms with van der Waals surface area (Å²) in [6, 6.07) is 15.3. The molecule has 2 aromatic carbocycles. The molecule has 0 heterocycles. The SMILES string of the molecule is Cc1cc(/C=N/C(C)CCCC(C)C)c(O[C@H](C)C(C)C)c(-c2ccccc2)c1. The van der Waals surface area contributed by atoms with Gasteiger partial charge in [-0.15, -0.1) is 0 Å². The molecule has 0 bridgehead atoms. The Bertz CT molecular complexity index is 777. The maximum Gasteiger partial charge on any atom is 0.136 e. The minimum atomic E-state index is 0.135. The maximum absolute atomic E-state index is 6.50. The molecule has 1 unspecified atom stereocenters. The summed E-state index contributed by atoms with van der Waals surface area (Å²) in [6.45, 7) is 15.5. The number of hydrogen-bond donors (Lipinski definition) is 0. The first-order valence-corrected chi connectivity index (χ1v) is 11.2. The molecule has 2 heteroatoms. The van der Waals surface area contributed by atoms with Crippen LogP contribution in [-0.4, -0.2) is 18.4 Å². The molecule has 158 valence electrons. The molecule has 0 aliphatic heterocycles. The van der Waals surface area contributed by atoms with Crippen molar-refractivity contribution in [1.82, 2.24) is 0 Å². The van der Waals surface area contributed by atoms with Crippen molar-refractivity contribution in [2.45, 2.75) is 79.9 Å². The lowest BCUT2D eigenvalue weighted by atomic mass is 9.98. The minimum absolute atomic E-state index is 0.135. The monoisotopic (exact) mass is 393 g/mol. The number of aliphatic imine (C=N–C) groups is 1. The molecule has 2 nitrogen and oxygen atoms in total. The van der Waals surface area contributed by atoms with Crippen LogP contribution in [0.15, 0.2) is 47.5 Å². The lowest BCUT2D eigenvalue weighted by Gasteiger charge is -2.23. The fraction of sp³-hybridized carbons (Fsp3) is 0.519. The zero-order valence-electron chi connectivity index (χ0n) is 19.4. The van der Waals surface area contributed by atoms with E-state index in [4.69, 9.17) is 9.73 Å². The summed E-state index contributed by atoms with van der Waals surface area (Å²) in [5.74, 6) is 2.15. The number of hydrogen-bond acceptors (Lipinski definition) is 2. The van der Waals surface area contributed by atoms with Crippen molar-refractivity contribution < 1.29 is 4.74 Å². The van der Waals surface area contributed by atoms with Crippen molar-refractivity contribution in [3.05, 3.63) is 53.6 Å². The second-order valence-electron chi connectivity index (χ2n) is 9.12. The zero-order chi connectivity index (χ0) is 21.4. The molecule has 0 aliphatic rings. The van der Waals surface area contributed by atoms with E-state index in [0.29, 0.717) is 12.0 Å². The van der Waals surface area contributed by atoms with Gasteiger partial charge in [0.15, 0.2) is 0 Å². The highest BCUT2D eigenvalue weighted by Crippen LogP contribution is 2.35.